The van der Waals surface area contributed by atoms with Crippen molar-refractivity contribution in [3.05, 3.63) is 28.2 Å². The SMILES string of the molecule is O=C(O)[C@H]1CCCN1C(=O)Nc1c(F)cc(F)cc1Br. The van der Waals surface area contributed by atoms with Crippen LogP contribution in [0, 0.1) is 11.6 Å². The summed E-state index contributed by atoms with van der Waals surface area (Å²) in [6, 6.07) is 0.00882. The van der Waals surface area contributed by atoms with Gasteiger partial charge >= 0.3 is 12.0 Å². The number of nitrogens with one attached hydrogen (secondary N) is 1. The molecule has 2 amide bonds. The molecule has 20 heavy (non-hydrogen) atoms. The van der Waals surface area contributed by atoms with Gasteiger partial charge < -0.3 is 15.3 Å². The van der Waals surface area contributed by atoms with Gasteiger partial charge in [0.1, 0.15) is 11.9 Å². The highest BCUT2D eigenvalue weighted by molar-refractivity contribution is 9.10. The van der Waals surface area contributed by atoms with E-state index in [1.807, 2.05) is 0 Å². The summed E-state index contributed by atoms with van der Waals surface area (Å²) in [5, 5.41) is 11.3. The van der Waals surface area contributed by atoms with Crippen molar-refractivity contribution in [1.82, 2.24) is 4.90 Å². The first-order valence-corrected chi connectivity index (χ1v) is 6.64. The molecule has 0 unspecified atom stereocenters. The normalized spacial score (nSPS) is 18.1. The minimum atomic E-state index is -1.10. The molecule has 1 aromatic carbocycles. The van der Waals surface area contributed by atoms with E-state index in [-0.39, 0.29) is 16.7 Å². The molecule has 8 heteroatoms. The van der Waals surface area contributed by atoms with Crippen LogP contribution in [0.5, 0.6) is 0 Å². The number of carboxylic acids is 1. The fourth-order valence-electron chi connectivity index (χ4n) is 2.11. The number of anilines is 1. The van der Waals surface area contributed by atoms with E-state index in [2.05, 4.69) is 21.2 Å². The zero-order chi connectivity index (χ0) is 14.9. The molecule has 2 rings (SSSR count). The second-order valence-electron chi connectivity index (χ2n) is 4.36. The van der Waals surface area contributed by atoms with Gasteiger partial charge in [0, 0.05) is 17.1 Å². The van der Waals surface area contributed by atoms with Gasteiger partial charge in [-0.2, -0.15) is 0 Å². The number of aliphatic carboxylic acids is 1. The van der Waals surface area contributed by atoms with Gasteiger partial charge in [0.25, 0.3) is 0 Å². The van der Waals surface area contributed by atoms with Crippen LogP contribution < -0.4 is 5.32 Å². The Bertz CT molecular complexity index is 545. The van der Waals surface area contributed by atoms with E-state index >= 15 is 0 Å². The molecular formula is C12H11BrF2N2O3. The van der Waals surface area contributed by atoms with Crippen LogP contribution in [0.4, 0.5) is 19.3 Å². The molecule has 5 nitrogen and oxygen atoms in total. The van der Waals surface area contributed by atoms with Crippen LogP contribution in [0.1, 0.15) is 12.8 Å². The lowest BCUT2D eigenvalue weighted by atomic mass is 10.2. The van der Waals surface area contributed by atoms with E-state index in [0.29, 0.717) is 18.9 Å². The second kappa shape index (κ2) is 5.74. The van der Waals surface area contributed by atoms with E-state index < -0.39 is 29.7 Å². The molecule has 1 saturated heterocycles. The second-order valence-corrected chi connectivity index (χ2v) is 5.22. The highest BCUT2D eigenvalue weighted by atomic mass is 79.9. The quantitative estimate of drug-likeness (QED) is 0.863. The zero-order valence-corrected chi connectivity index (χ0v) is 11.8. The molecule has 0 aromatic heterocycles. The summed E-state index contributed by atoms with van der Waals surface area (Å²) in [6.45, 7) is 0.281. The monoisotopic (exact) mass is 348 g/mol. The van der Waals surface area contributed by atoms with Gasteiger partial charge in [-0.15, -0.1) is 0 Å². The number of rotatable bonds is 2. The molecule has 1 aliphatic rings. The maximum absolute atomic E-state index is 13.6. The first-order valence-electron chi connectivity index (χ1n) is 5.85. The average Bonchev–Trinajstić information content (AvgIpc) is 2.82. The third-order valence-electron chi connectivity index (χ3n) is 3.04. The summed E-state index contributed by atoms with van der Waals surface area (Å²) in [5.74, 6) is -2.82. The lowest BCUT2D eigenvalue weighted by Crippen LogP contribution is -2.43. The topological polar surface area (TPSA) is 69.6 Å². The molecule has 0 spiro atoms. The number of hydrogen-bond acceptors (Lipinski definition) is 2. The molecule has 0 aliphatic carbocycles. The molecule has 1 heterocycles. The van der Waals surface area contributed by atoms with E-state index in [4.69, 9.17) is 5.11 Å². The van der Waals surface area contributed by atoms with Crippen LogP contribution in [-0.4, -0.2) is 34.6 Å². The lowest BCUT2D eigenvalue weighted by molar-refractivity contribution is -0.141. The van der Waals surface area contributed by atoms with Crippen LogP contribution in [0.15, 0.2) is 16.6 Å². The van der Waals surface area contributed by atoms with Gasteiger partial charge in [-0.05, 0) is 34.8 Å². The molecule has 1 aliphatic heterocycles. The maximum atomic E-state index is 13.6. The van der Waals surface area contributed by atoms with Crippen LogP contribution in [0.3, 0.4) is 0 Å². The number of carbonyl (C=O) groups excluding carboxylic acids is 1. The highest BCUT2D eigenvalue weighted by Crippen LogP contribution is 2.28. The lowest BCUT2D eigenvalue weighted by Gasteiger charge is -2.22. The molecule has 2 N–H and O–H groups in total. The highest BCUT2D eigenvalue weighted by Gasteiger charge is 2.34. The fraction of sp³-hybridized carbons (Fsp3) is 0.333. The Morgan fingerprint density at radius 2 is 2.10 bits per heavy atom. The van der Waals surface area contributed by atoms with Gasteiger partial charge in [0.2, 0.25) is 0 Å². The molecule has 1 atom stereocenters. The van der Waals surface area contributed by atoms with Crippen molar-refractivity contribution >= 4 is 33.6 Å². The number of halogens is 3. The van der Waals surface area contributed by atoms with Crippen molar-refractivity contribution < 1.29 is 23.5 Å². The standard InChI is InChI=1S/C12H11BrF2N2O3/c13-7-4-6(14)5-8(15)10(7)16-12(20)17-3-1-2-9(17)11(18)19/h4-5,9H,1-3H2,(H,16,20)(H,18,19)/t9-/m1/s1. The van der Waals surface area contributed by atoms with Crippen molar-refractivity contribution in [3.8, 4) is 0 Å². The van der Waals surface area contributed by atoms with Crippen LogP contribution in [0.2, 0.25) is 0 Å². The minimum absolute atomic E-state index is 0.0504. The van der Waals surface area contributed by atoms with Crippen molar-refractivity contribution in [2.45, 2.75) is 18.9 Å². The number of carbonyl (C=O) groups is 2. The zero-order valence-electron chi connectivity index (χ0n) is 10.2. The number of likely N-dealkylation sites (tertiary alicyclic amines) is 1. The smallest absolute Gasteiger partial charge is 0.326 e. The number of benzene rings is 1. The van der Waals surface area contributed by atoms with Gasteiger partial charge in [0.15, 0.2) is 5.82 Å². The number of amides is 2. The number of urea groups is 1. The number of hydrogen-bond donors (Lipinski definition) is 2. The number of nitrogens with zero attached hydrogens (tertiary/aromatic N) is 1. The Morgan fingerprint density at radius 1 is 1.40 bits per heavy atom. The molecule has 0 radical (unpaired) electrons. The number of carboxylic acid groups (broad SMARTS) is 1. The fourth-order valence-corrected chi connectivity index (χ4v) is 2.61. The molecular weight excluding hydrogens is 338 g/mol. The first kappa shape index (κ1) is 14.7. The van der Waals surface area contributed by atoms with Gasteiger partial charge in [0.05, 0.1) is 5.69 Å². The Hall–Kier alpha value is -1.70. The molecule has 0 bridgehead atoms. The van der Waals surface area contributed by atoms with Crippen molar-refractivity contribution in [1.29, 1.82) is 0 Å². The van der Waals surface area contributed by atoms with Crippen LogP contribution in [0.25, 0.3) is 0 Å². The van der Waals surface area contributed by atoms with Crippen molar-refractivity contribution in [3.63, 3.8) is 0 Å². The predicted octanol–water partition coefficient (Wildman–Crippen LogP) is 2.81. The summed E-state index contributed by atoms with van der Waals surface area (Å²) in [6.07, 6.45) is 0.924. The Morgan fingerprint density at radius 3 is 2.70 bits per heavy atom. The summed E-state index contributed by atoms with van der Waals surface area (Å²) in [4.78, 5) is 24.1. The Balaban J connectivity index is 2.18. The maximum Gasteiger partial charge on any atom is 0.326 e. The summed E-state index contributed by atoms with van der Waals surface area (Å²) < 4.78 is 26.6. The summed E-state index contributed by atoms with van der Waals surface area (Å²) >= 11 is 2.95. The van der Waals surface area contributed by atoms with E-state index in [1.54, 1.807) is 0 Å². The van der Waals surface area contributed by atoms with E-state index in [1.165, 1.54) is 0 Å². The Kier molecular flexibility index (Phi) is 4.22. The van der Waals surface area contributed by atoms with Gasteiger partial charge in [-0.3, -0.25) is 0 Å². The molecule has 1 fully saturated rings. The van der Waals surface area contributed by atoms with Gasteiger partial charge in [-0.25, -0.2) is 18.4 Å². The largest absolute Gasteiger partial charge is 0.480 e. The first-order chi connectivity index (χ1) is 9.40. The minimum Gasteiger partial charge on any atom is -0.480 e. The molecule has 1 aromatic rings. The summed E-state index contributed by atoms with van der Waals surface area (Å²) in [5.41, 5.74) is -0.215. The van der Waals surface area contributed by atoms with Crippen LogP contribution >= 0.6 is 15.9 Å². The van der Waals surface area contributed by atoms with E-state index in [9.17, 15) is 18.4 Å². The van der Waals surface area contributed by atoms with Crippen molar-refractivity contribution in [2.75, 3.05) is 11.9 Å². The Labute approximate surface area is 121 Å². The van der Waals surface area contributed by atoms with Gasteiger partial charge in [-0.1, -0.05) is 0 Å². The van der Waals surface area contributed by atoms with Crippen LogP contribution in [-0.2, 0) is 4.79 Å². The summed E-state index contributed by atoms with van der Waals surface area (Å²) in [7, 11) is 0. The van der Waals surface area contributed by atoms with Crippen molar-refractivity contribution in [2.24, 2.45) is 0 Å². The van der Waals surface area contributed by atoms with E-state index in [0.717, 1.165) is 11.0 Å². The third kappa shape index (κ3) is 2.90. The average molecular weight is 349 g/mol. The molecule has 108 valence electrons. The molecule has 0 saturated carbocycles. The predicted molar refractivity (Wildman–Crippen MR) is 70.4 cm³/mol. The third-order valence-corrected chi connectivity index (χ3v) is 3.66.